The number of hydrogen-bond donors (Lipinski definition) is 1. The summed E-state index contributed by atoms with van der Waals surface area (Å²) in [4.78, 5) is 25.4. The number of rotatable bonds is 1. The van der Waals surface area contributed by atoms with Gasteiger partial charge in [0, 0.05) is 10.5 Å². The first-order chi connectivity index (χ1) is 9.61. The zero-order chi connectivity index (χ0) is 15.9. The Morgan fingerprint density at radius 1 is 1.29 bits per heavy atom. The summed E-state index contributed by atoms with van der Waals surface area (Å²) in [7, 11) is 0. The topological polar surface area (TPSA) is 49.4 Å². The van der Waals surface area contributed by atoms with Crippen molar-refractivity contribution in [1.29, 1.82) is 0 Å². The van der Waals surface area contributed by atoms with Crippen LogP contribution >= 0.6 is 15.9 Å². The van der Waals surface area contributed by atoms with Crippen LogP contribution in [0.3, 0.4) is 0 Å². The van der Waals surface area contributed by atoms with Crippen molar-refractivity contribution < 1.29 is 18.4 Å². The molecule has 1 aromatic carbocycles. The van der Waals surface area contributed by atoms with E-state index >= 15 is 0 Å². The Balaban J connectivity index is 2.48. The molecule has 2 rings (SSSR count). The second-order valence-electron chi connectivity index (χ2n) is 6.01. The summed E-state index contributed by atoms with van der Waals surface area (Å²) in [5.74, 6) is -2.46. The fraction of sp³-hybridized carbons (Fsp3) is 0.429. The first-order valence-electron chi connectivity index (χ1n) is 6.36. The molecular weight excluding hydrogens is 346 g/mol. The summed E-state index contributed by atoms with van der Waals surface area (Å²) in [5.41, 5.74) is -0.639. The highest BCUT2D eigenvalue weighted by Crippen LogP contribution is 2.33. The molecule has 114 valence electrons. The third-order valence-electron chi connectivity index (χ3n) is 3.24. The summed E-state index contributed by atoms with van der Waals surface area (Å²) in [6.45, 7) is 5.10. The monoisotopic (exact) mass is 360 g/mol. The van der Waals surface area contributed by atoms with E-state index in [-0.39, 0.29) is 22.6 Å². The van der Waals surface area contributed by atoms with Crippen molar-refractivity contribution in [3.05, 3.63) is 28.2 Å². The number of nitrogens with one attached hydrogen (secondary N) is 1. The molecule has 0 aromatic heterocycles. The molecule has 1 aromatic rings. The molecule has 0 aliphatic carbocycles. The van der Waals surface area contributed by atoms with Gasteiger partial charge in [0.05, 0.1) is 5.69 Å². The molecule has 0 radical (unpaired) electrons. The number of hydrogen-bond acceptors (Lipinski definition) is 2. The largest absolute Gasteiger partial charge is 0.342 e. The summed E-state index contributed by atoms with van der Waals surface area (Å²) < 4.78 is 27.3. The minimum atomic E-state index is -0.891. The third-order valence-corrected chi connectivity index (χ3v) is 3.84. The van der Waals surface area contributed by atoms with E-state index in [4.69, 9.17) is 0 Å². The third kappa shape index (κ3) is 3.07. The van der Waals surface area contributed by atoms with Gasteiger partial charge in [-0.3, -0.25) is 14.5 Å². The molecule has 1 heterocycles. The maximum absolute atomic E-state index is 14.0. The lowest BCUT2D eigenvalue weighted by Gasteiger charge is -2.39. The number of halogens is 3. The number of anilines is 1. The van der Waals surface area contributed by atoms with Crippen LogP contribution in [-0.4, -0.2) is 24.4 Å². The van der Waals surface area contributed by atoms with E-state index in [1.165, 1.54) is 0 Å². The van der Waals surface area contributed by atoms with Crippen LogP contribution in [0, 0.1) is 17.0 Å². The van der Waals surface area contributed by atoms with Gasteiger partial charge in [-0.2, -0.15) is 0 Å². The molecule has 0 bridgehead atoms. The van der Waals surface area contributed by atoms with Crippen molar-refractivity contribution in [3.63, 3.8) is 0 Å². The van der Waals surface area contributed by atoms with Gasteiger partial charge in [0.25, 0.3) is 5.91 Å². The fourth-order valence-electron chi connectivity index (χ4n) is 2.21. The van der Waals surface area contributed by atoms with Gasteiger partial charge in [-0.15, -0.1) is 0 Å². The van der Waals surface area contributed by atoms with Crippen molar-refractivity contribution in [2.45, 2.75) is 26.8 Å². The van der Waals surface area contributed by atoms with E-state index in [0.717, 1.165) is 11.0 Å². The Morgan fingerprint density at radius 2 is 1.90 bits per heavy atom. The zero-order valence-corrected chi connectivity index (χ0v) is 13.4. The quantitative estimate of drug-likeness (QED) is 0.836. The Bertz CT molecular complexity index is 590. The van der Waals surface area contributed by atoms with Crippen molar-refractivity contribution >= 4 is 33.4 Å². The molecule has 1 N–H and O–H groups in total. The fourth-order valence-corrected chi connectivity index (χ4v) is 2.84. The van der Waals surface area contributed by atoms with E-state index < -0.39 is 29.0 Å². The van der Waals surface area contributed by atoms with Crippen LogP contribution in [0.2, 0.25) is 0 Å². The number of piperazine rings is 1. The molecule has 0 saturated carbocycles. The second kappa shape index (κ2) is 5.36. The summed E-state index contributed by atoms with van der Waals surface area (Å²) in [5, 5.41) is 2.61. The highest BCUT2D eigenvalue weighted by Gasteiger charge is 2.41. The summed E-state index contributed by atoms with van der Waals surface area (Å²) in [6.07, 6.45) is 0. The first kappa shape index (κ1) is 15.9. The van der Waals surface area contributed by atoms with Crippen LogP contribution in [0.25, 0.3) is 0 Å². The predicted molar refractivity (Wildman–Crippen MR) is 77.8 cm³/mol. The van der Waals surface area contributed by atoms with Gasteiger partial charge in [0.15, 0.2) is 5.82 Å². The van der Waals surface area contributed by atoms with E-state index in [1.807, 2.05) is 0 Å². The molecule has 1 saturated heterocycles. The van der Waals surface area contributed by atoms with Crippen LogP contribution in [0.5, 0.6) is 0 Å². The molecule has 1 aliphatic rings. The zero-order valence-electron chi connectivity index (χ0n) is 11.8. The number of amides is 2. The number of carbonyl (C=O) groups excluding carboxylic acids is 2. The molecule has 1 unspecified atom stereocenters. The van der Waals surface area contributed by atoms with Crippen LogP contribution in [0.4, 0.5) is 14.5 Å². The standard InChI is InChI=1S/C14H15BrF2N2O2/c1-14(2,3)12-13(21)19(6-10(20)18-12)11-8(15)4-7(16)5-9(11)17/h4-5,12H,6H2,1-3H3,(H,18,20). The van der Waals surface area contributed by atoms with Gasteiger partial charge < -0.3 is 5.32 Å². The normalized spacial score (nSPS) is 19.7. The van der Waals surface area contributed by atoms with E-state index in [0.29, 0.717) is 6.07 Å². The van der Waals surface area contributed by atoms with Gasteiger partial charge in [0.1, 0.15) is 18.4 Å². The molecule has 4 nitrogen and oxygen atoms in total. The molecule has 7 heteroatoms. The smallest absolute Gasteiger partial charge is 0.250 e. The van der Waals surface area contributed by atoms with Crippen LogP contribution in [0.15, 0.2) is 16.6 Å². The number of carbonyl (C=O) groups is 2. The number of benzene rings is 1. The second-order valence-corrected chi connectivity index (χ2v) is 6.86. The van der Waals surface area contributed by atoms with Gasteiger partial charge in [0.2, 0.25) is 5.91 Å². The van der Waals surface area contributed by atoms with Gasteiger partial charge >= 0.3 is 0 Å². The lowest BCUT2D eigenvalue weighted by Crippen LogP contribution is -2.62. The Kier molecular flexibility index (Phi) is 4.06. The molecular formula is C14H15BrF2N2O2. The lowest BCUT2D eigenvalue weighted by molar-refractivity contribution is -0.133. The molecule has 2 amide bonds. The highest BCUT2D eigenvalue weighted by atomic mass is 79.9. The van der Waals surface area contributed by atoms with Crippen LogP contribution in [-0.2, 0) is 9.59 Å². The Morgan fingerprint density at radius 3 is 2.43 bits per heavy atom. The van der Waals surface area contributed by atoms with Gasteiger partial charge in [-0.25, -0.2) is 8.78 Å². The predicted octanol–water partition coefficient (Wildman–Crippen LogP) is 2.60. The highest BCUT2D eigenvalue weighted by molar-refractivity contribution is 9.10. The molecule has 1 aliphatic heterocycles. The van der Waals surface area contributed by atoms with Crippen molar-refractivity contribution in [3.8, 4) is 0 Å². The molecule has 0 spiro atoms. The van der Waals surface area contributed by atoms with Crippen LogP contribution < -0.4 is 10.2 Å². The average Bonchev–Trinajstić information content (AvgIpc) is 2.30. The summed E-state index contributed by atoms with van der Waals surface area (Å²) in [6, 6.07) is 0.978. The van der Waals surface area contributed by atoms with Gasteiger partial charge in [-0.1, -0.05) is 20.8 Å². The minimum Gasteiger partial charge on any atom is -0.342 e. The van der Waals surface area contributed by atoms with Crippen LogP contribution in [0.1, 0.15) is 20.8 Å². The van der Waals surface area contributed by atoms with Crippen molar-refractivity contribution in [1.82, 2.24) is 5.32 Å². The Labute approximate surface area is 129 Å². The molecule has 1 atom stereocenters. The minimum absolute atomic E-state index is 0.0932. The number of nitrogens with zero attached hydrogens (tertiary/aromatic N) is 1. The van der Waals surface area contributed by atoms with E-state index in [1.54, 1.807) is 20.8 Å². The maximum atomic E-state index is 14.0. The SMILES string of the molecule is CC(C)(C)C1NC(=O)CN(c2c(F)cc(F)cc2Br)C1=O. The lowest BCUT2D eigenvalue weighted by atomic mass is 9.84. The van der Waals surface area contributed by atoms with Gasteiger partial charge in [-0.05, 0) is 27.4 Å². The average molecular weight is 361 g/mol. The summed E-state index contributed by atoms with van der Waals surface area (Å²) >= 11 is 3.05. The van der Waals surface area contributed by atoms with E-state index in [9.17, 15) is 18.4 Å². The maximum Gasteiger partial charge on any atom is 0.250 e. The Hall–Kier alpha value is -1.50. The van der Waals surface area contributed by atoms with E-state index in [2.05, 4.69) is 21.2 Å². The first-order valence-corrected chi connectivity index (χ1v) is 7.16. The molecule has 1 fully saturated rings. The molecule has 21 heavy (non-hydrogen) atoms. The van der Waals surface area contributed by atoms with Crippen molar-refractivity contribution in [2.24, 2.45) is 5.41 Å². The van der Waals surface area contributed by atoms with Crippen molar-refractivity contribution in [2.75, 3.05) is 11.4 Å².